The van der Waals surface area contributed by atoms with Crippen LogP contribution in [0.15, 0.2) is 46.0 Å². The Morgan fingerprint density at radius 1 is 1.09 bits per heavy atom. The van der Waals surface area contributed by atoms with Gasteiger partial charge in [0.1, 0.15) is 23.2 Å². The van der Waals surface area contributed by atoms with E-state index in [1.807, 2.05) is 46.8 Å². The number of allylic oxidation sites excluding steroid dienone is 7. The lowest BCUT2D eigenvalue weighted by Crippen LogP contribution is -2.47. The highest BCUT2D eigenvalue weighted by Crippen LogP contribution is 2.51. The van der Waals surface area contributed by atoms with Gasteiger partial charge >= 0.3 is 5.97 Å². The summed E-state index contributed by atoms with van der Waals surface area (Å²) in [4.78, 5) is 39.1. The number of rotatable bonds is 9. The van der Waals surface area contributed by atoms with Crippen LogP contribution < -0.4 is 0 Å². The first-order valence-electron chi connectivity index (χ1n) is 11.8. The van der Waals surface area contributed by atoms with Crippen molar-refractivity contribution < 1.29 is 29.3 Å². The van der Waals surface area contributed by atoms with Crippen molar-refractivity contribution in [2.24, 2.45) is 17.3 Å². The van der Waals surface area contributed by atoms with Crippen LogP contribution in [-0.2, 0) is 19.1 Å². The zero-order valence-electron chi connectivity index (χ0n) is 20.9. The Kier molecular flexibility index (Phi) is 8.50. The second-order valence-corrected chi connectivity index (χ2v) is 9.91. The van der Waals surface area contributed by atoms with Gasteiger partial charge in [-0.05, 0) is 53.9 Å². The molecule has 33 heavy (non-hydrogen) atoms. The van der Waals surface area contributed by atoms with Gasteiger partial charge in [-0.2, -0.15) is 0 Å². The standard InChI is InChI=1S/C27H38O6/c1-8-9-19(14-20(28)29)21-24-22(23(30)17(6)18(7)33-24)26(32)27(25(21)31,12-10-15(2)3)13-11-16(4)5/h10-11,17-19,31H,8-9,12-14H2,1-7H3,(H,28,29)/t17-,18-,19?/m1/s1. The molecule has 6 nitrogen and oxygen atoms in total. The number of carboxylic acids is 1. The minimum absolute atomic E-state index is 0.0239. The molecule has 1 aliphatic carbocycles. The molecule has 0 spiro atoms. The van der Waals surface area contributed by atoms with Crippen LogP contribution in [0.2, 0.25) is 0 Å². The van der Waals surface area contributed by atoms with Gasteiger partial charge in [0.15, 0.2) is 11.6 Å². The van der Waals surface area contributed by atoms with Gasteiger partial charge in [-0.3, -0.25) is 14.4 Å². The highest BCUT2D eigenvalue weighted by molar-refractivity contribution is 6.25. The largest absolute Gasteiger partial charge is 0.511 e. The van der Waals surface area contributed by atoms with Crippen molar-refractivity contribution >= 4 is 17.5 Å². The van der Waals surface area contributed by atoms with E-state index >= 15 is 0 Å². The van der Waals surface area contributed by atoms with Crippen LogP contribution in [0.5, 0.6) is 0 Å². The molecule has 2 N–H and O–H groups in total. The van der Waals surface area contributed by atoms with E-state index in [0.29, 0.717) is 18.4 Å². The number of hydrogen-bond acceptors (Lipinski definition) is 5. The molecule has 0 saturated carbocycles. The molecule has 182 valence electrons. The van der Waals surface area contributed by atoms with E-state index in [1.165, 1.54) is 0 Å². The fourth-order valence-corrected chi connectivity index (χ4v) is 4.53. The van der Waals surface area contributed by atoms with Crippen molar-refractivity contribution in [2.75, 3.05) is 0 Å². The zero-order chi connectivity index (χ0) is 25.1. The van der Waals surface area contributed by atoms with Gasteiger partial charge in [-0.25, -0.2) is 0 Å². The Morgan fingerprint density at radius 3 is 2.09 bits per heavy atom. The summed E-state index contributed by atoms with van der Waals surface area (Å²) < 4.78 is 6.08. The van der Waals surface area contributed by atoms with E-state index in [1.54, 1.807) is 13.8 Å². The summed E-state index contributed by atoms with van der Waals surface area (Å²) in [6.07, 6.45) is 4.67. The highest BCUT2D eigenvalue weighted by atomic mass is 16.5. The maximum Gasteiger partial charge on any atom is 0.303 e. The Hall–Kier alpha value is -2.63. The third-order valence-corrected chi connectivity index (χ3v) is 6.69. The van der Waals surface area contributed by atoms with Gasteiger partial charge < -0.3 is 14.9 Å². The molecule has 0 saturated heterocycles. The lowest BCUT2D eigenvalue weighted by Gasteiger charge is -2.42. The van der Waals surface area contributed by atoms with Crippen molar-refractivity contribution in [1.29, 1.82) is 0 Å². The fraction of sp³-hybridized carbons (Fsp3) is 0.593. The number of carboxylic acid groups (broad SMARTS) is 1. The molecule has 0 bridgehead atoms. The van der Waals surface area contributed by atoms with Gasteiger partial charge in [-0.15, -0.1) is 0 Å². The van der Waals surface area contributed by atoms with E-state index < -0.39 is 35.1 Å². The predicted octanol–water partition coefficient (Wildman–Crippen LogP) is 5.85. The molecule has 0 aromatic heterocycles. The minimum atomic E-state index is -1.37. The number of aliphatic carboxylic acids is 1. The molecule has 1 unspecified atom stereocenters. The van der Waals surface area contributed by atoms with Crippen LogP contribution in [0.25, 0.3) is 0 Å². The Labute approximate surface area is 197 Å². The number of carbonyl (C=O) groups excluding carboxylic acids is 2. The molecule has 2 aliphatic rings. The van der Waals surface area contributed by atoms with Crippen LogP contribution in [0, 0.1) is 17.3 Å². The molecular weight excluding hydrogens is 420 g/mol. The van der Waals surface area contributed by atoms with Crippen molar-refractivity contribution in [1.82, 2.24) is 0 Å². The first-order valence-corrected chi connectivity index (χ1v) is 11.8. The molecular formula is C27H38O6. The SMILES string of the molecule is CCCC(CC(=O)O)C1=C(O)C(CC=C(C)C)(CC=C(C)C)C(=O)C2=C1O[C@H](C)[C@@H](C)C2=O. The Morgan fingerprint density at radius 2 is 1.64 bits per heavy atom. The Bertz CT molecular complexity index is 918. The van der Waals surface area contributed by atoms with E-state index in [-0.39, 0.29) is 42.1 Å². The summed E-state index contributed by atoms with van der Waals surface area (Å²) in [5.41, 5.74) is 0.885. The molecule has 0 fully saturated rings. The van der Waals surface area contributed by atoms with E-state index in [9.17, 15) is 24.6 Å². The molecule has 0 amide bonds. The van der Waals surface area contributed by atoms with Crippen molar-refractivity contribution in [2.45, 2.75) is 86.7 Å². The van der Waals surface area contributed by atoms with Crippen LogP contribution in [0.4, 0.5) is 0 Å². The highest BCUT2D eigenvalue weighted by Gasteiger charge is 2.54. The van der Waals surface area contributed by atoms with Gasteiger partial charge in [0.25, 0.3) is 0 Å². The first-order chi connectivity index (χ1) is 15.4. The van der Waals surface area contributed by atoms with Crippen LogP contribution >= 0.6 is 0 Å². The van der Waals surface area contributed by atoms with Crippen LogP contribution in [0.3, 0.4) is 0 Å². The average Bonchev–Trinajstić information content (AvgIpc) is 2.71. The Balaban J connectivity index is 2.91. The topological polar surface area (TPSA) is 101 Å². The third kappa shape index (κ3) is 5.31. The number of carbonyl (C=O) groups is 3. The van der Waals surface area contributed by atoms with E-state index in [4.69, 9.17) is 4.74 Å². The number of aliphatic hydroxyl groups is 1. The number of hydrogen-bond donors (Lipinski definition) is 2. The van der Waals surface area contributed by atoms with Gasteiger partial charge in [0, 0.05) is 11.5 Å². The number of Topliss-reactive ketones (excluding diaryl/α,β-unsaturated/α-hetero) is 2. The van der Waals surface area contributed by atoms with Gasteiger partial charge in [-0.1, -0.05) is 43.6 Å². The van der Waals surface area contributed by atoms with Crippen LogP contribution in [0.1, 0.15) is 80.6 Å². The molecule has 0 radical (unpaired) electrons. The lowest BCUT2D eigenvalue weighted by atomic mass is 9.64. The van der Waals surface area contributed by atoms with Crippen molar-refractivity contribution in [3.05, 3.63) is 46.0 Å². The summed E-state index contributed by atoms with van der Waals surface area (Å²) in [6, 6.07) is 0. The number of aliphatic hydroxyl groups excluding tert-OH is 1. The molecule has 3 atom stereocenters. The summed E-state index contributed by atoms with van der Waals surface area (Å²) in [7, 11) is 0. The third-order valence-electron chi connectivity index (χ3n) is 6.69. The van der Waals surface area contributed by atoms with Gasteiger partial charge in [0.05, 0.1) is 17.8 Å². The normalized spacial score (nSPS) is 23.0. The quantitative estimate of drug-likeness (QED) is 0.332. The maximum absolute atomic E-state index is 14.0. The molecule has 1 aliphatic heterocycles. The number of ether oxygens (including phenoxy) is 1. The second kappa shape index (κ2) is 10.5. The number of ketones is 2. The molecule has 0 aromatic rings. The summed E-state index contributed by atoms with van der Waals surface area (Å²) in [6.45, 7) is 13.1. The lowest BCUT2D eigenvalue weighted by molar-refractivity contribution is -0.137. The van der Waals surface area contributed by atoms with Crippen molar-refractivity contribution in [3.8, 4) is 0 Å². The van der Waals surface area contributed by atoms with Crippen molar-refractivity contribution in [3.63, 3.8) is 0 Å². The summed E-state index contributed by atoms with van der Waals surface area (Å²) in [5, 5.41) is 21.3. The summed E-state index contributed by atoms with van der Waals surface area (Å²) in [5.74, 6) is -2.91. The van der Waals surface area contributed by atoms with Gasteiger partial charge in [0.2, 0.25) is 0 Å². The van der Waals surface area contributed by atoms with E-state index in [2.05, 4.69) is 0 Å². The fourth-order valence-electron chi connectivity index (χ4n) is 4.53. The van der Waals surface area contributed by atoms with Crippen LogP contribution in [-0.4, -0.2) is 33.9 Å². The summed E-state index contributed by atoms with van der Waals surface area (Å²) >= 11 is 0. The predicted molar refractivity (Wildman–Crippen MR) is 128 cm³/mol. The van der Waals surface area contributed by atoms with E-state index in [0.717, 1.165) is 11.1 Å². The smallest absolute Gasteiger partial charge is 0.303 e. The molecule has 6 heteroatoms. The average molecular weight is 459 g/mol. The second-order valence-electron chi connectivity index (χ2n) is 9.91. The monoisotopic (exact) mass is 458 g/mol. The zero-order valence-corrected chi connectivity index (χ0v) is 20.9. The first kappa shape index (κ1) is 26.6. The molecule has 2 rings (SSSR count). The molecule has 0 aromatic carbocycles. The minimum Gasteiger partial charge on any atom is -0.511 e. The molecule has 1 heterocycles. The maximum atomic E-state index is 14.0.